The van der Waals surface area contributed by atoms with Crippen molar-refractivity contribution in [2.24, 2.45) is 0 Å². The predicted molar refractivity (Wildman–Crippen MR) is 79.0 cm³/mol. The van der Waals surface area contributed by atoms with E-state index in [1.165, 1.54) is 18.3 Å². The van der Waals surface area contributed by atoms with Gasteiger partial charge in [-0.15, -0.1) is 0 Å². The van der Waals surface area contributed by atoms with Gasteiger partial charge in [0.05, 0.1) is 0 Å². The number of benzene rings is 2. The summed E-state index contributed by atoms with van der Waals surface area (Å²) in [5.74, 6) is -0.296. The Kier molecular flexibility index (Phi) is 4.74. The number of carbonyl (C=O) groups excluding carboxylic acids is 1. The summed E-state index contributed by atoms with van der Waals surface area (Å²) in [6.07, 6.45) is 3.15. The maximum Gasteiger partial charge on any atom is 0.323 e. The van der Waals surface area contributed by atoms with Crippen LogP contribution in [0.1, 0.15) is 5.56 Å². The van der Waals surface area contributed by atoms with Crippen molar-refractivity contribution in [1.82, 2.24) is 5.32 Å². The van der Waals surface area contributed by atoms with Crippen LogP contribution >= 0.6 is 11.6 Å². The smallest absolute Gasteiger partial charge is 0.314 e. The number of rotatable bonds is 3. The van der Waals surface area contributed by atoms with Crippen molar-refractivity contribution in [2.75, 3.05) is 5.32 Å². The molecule has 2 aromatic carbocycles. The van der Waals surface area contributed by atoms with E-state index in [0.717, 1.165) is 5.56 Å². The minimum Gasteiger partial charge on any atom is -0.314 e. The minimum absolute atomic E-state index is 0.296. The lowest BCUT2D eigenvalue weighted by Crippen LogP contribution is -2.23. The molecule has 2 N–H and O–H groups in total. The van der Waals surface area contributed by atoms with Crippen LogP contribution in [0, 0.1) is 5.82 Å². The molecule has 2 aromatic rings. The second kappa shape index (κ2) is 6.73. The molecular formula is C15H12ClFN2O. The Bertz CT molecular complexity index is 609. The number of hydrogen-bond acceptors (Lipinski definition) is 1. The minimum atomic E-state index is -0.370. The third-order valence-corrected chi connectivity index (χ3v) is 2.71. The van der Waals surface area contributed by atoms with Crippen LogP contribution in [0.15, 0.2) is 54.7 Å². The topological polar surface area (TPSA) is 41.1 Å². The summed E-state index contributed by atoms with van der Waals surface area (Å²) in [6.45, 7) is 0. The van der Waals surface area contributed by atoms with Crippen LogP contribution in [-0.2, 0) is 0 Å². The molecule has 3 nitrogen and oxygen atoms in total. The Morgan fingerprint density at radius 1 is 1.05 bits per heavy atom. The zero-order valence-corrected chi connectivity index (χ0v) is 11.2. The van der Waals surface area contributed by atoms with E-state index in [4.69, 9.17) is 11.6 Å². The van der Waals surface area contributed by atoms with Crippen molar-refractivity contribution in [3.8, 4) is 0 Å². The monoisotopic (exact) mass is 290 g/mol. The average molecular weight is 291 g/mol. The number of nitrogens with one attached hydrogen (secondary N) is 2. The summed E-state index contributed by atoms with van der Waals surface area (Å²) >= 11 is 5.74. The van der Waals surface area contributed by atoms with E-state index in [9.17, 15) is 9.18 Å². The van der Waals surface area contributed by atoms with E-state index in [1.807, 2.05) is 0 Å². The maximum absolute atomic E-state index is 12.7. The SMILES string of the molecule is O=C(N/C=C/c1ccc(F)cc1)Nc1ccc(Cl)cc1. The van der Waals surface area contributed by atoms with Gasteiger partial charge in [-0.25, -0.2) is 9.18 Å². The summed E-state index contributed by atoms with van der Waals surface area (Å²) in [4.78, 5) is 11.6. The lowest BCUT2D eigenvalue weighted by molar-refractivity contribution is 0.255. The van der Waals surface area contributed by atoms with Crippen LogP contribution < -0.4 is 10.6 Å². The highest BCUT2D eigenvalue weighted by Gasteiger charge is 1.98. The van der Waals surface area contributed by atoms with Crippen LogP contribution in [0.3, 0.4) is 0 Å². The van der Waals surface area contributed by atoms with Crippen molar-refractivity contribution in [1.29, 1.82) is 0 Å². The summed E-state index contributed by atoms with van der Waals surface area (Å²) in [5, 5.41) is 5.80. The standard InChI is InChI=1S/C15H12ClFN2O/c16-12-3-7-14(8-4-12)19-15(20)18-10-9-11-1-5-13(17)6-2-11/h1-10H,(H2,18,19,20)/b10-9+. The third-order valence-electron chi connectivity index (χ3n) is 2.46. The molecule has 0 aliphatic heterocycles. The molecule has 0 atom stereocenters. The number of carbonyl (C=O) groups is 1. The van der Waals surface area contributed by atoms with Crippen molar-refractivity contribution in [3.05, 3.63) is 71.1 Å². The molecule has 2 rings (SSSR count). The predicted octanol–water partition coefficient (Wildman–Crippen LogP) is 4.27. The summed E-state index contributed by atoms with van der Waals surface area (Å²) < 4.78 is 12.7. The zero-order chi connectivity index (χ0) is 14.4. The van der Waals surface area contributed by atoms with Gasteiger partial charge in [0.2, 0.25) is 0 Å². The van der Waals surface area contributed by atoms with E-state index in [-0.39, 0.29) is 11.8 Å². The third kappa shape index (κ3) is 4.40. The molecule has 0 aromatic heterocycles. The Hall–Kier alpha value is -2.33. The van der Waals surface area contributed by atoms with Crippen LogP contribution in [-0.4, -0.2) is 6.03 Å². The molecule has 5 heteroatoms. The molecule has 0 fully saturated rings. The molecule has 0 radical (unpaired) electrons. The second-order valence-corrected chi connectivity index (χ2v) is 4.43. The van der Waals surface area contributed by atoms with Gasteiger partial charge in [0.25, 0.3) is 0 Å². The Morgan fingerprint density at radius 3 is 2.35 bits per heavy atom. The van der Waals surface area contributed by atoms with E-state index in [2.05, 4.69) is 10.6 Å². The molecular weight excluding hydrogens is 279 g/mol. The second-order valence-electron chi connectivity index (χ2n) is 3.99. The first-order chi connectivity index (χ1) is 9.63. The van der Waals surface area contributed by atoms with E-state index in [0.29, 0.717) is 10.7 Å². The molecule has 0 saturated heterocycles. The normalized spacial score (nSPS) is 10.5. The molecule has 102 valence electrons. The summed E-state index contributed by atoms with van der Waals surface area (Å²) in [5.41, 5.74) is 1.43. The van der Waals surface area contributed by atoms with E-state index < -0.39 is 0 Å². The molecule has 0 bridgehead atoms. The molecule has 20 heavy (non-hydrogen) atoms. The first-order valence-electron chi connectivity index (χ1n) is 5.89. The lowest BCUT2D eigenvalue weighted by atomic mass is 10.2. The highest BCUT2D eigenvalue weighted by atomic mass is 35.5. The first kappa shape index (κ1) is 14.1. The van der Waals surface area contributed by atoms with Gasteiger partial charge in [0.1, 0.15) is 5.82 Å². The first-order valence-corrected chi connectivity index (χ1v) is 6.26. The van der Waals surface area contributed by atoms with Crippen LogP contribution in [0.4, 0.5) is 14.9 Å². The van der Waals surface area contributed by atoms with Crippen LogP contribution in [0.5, 0.6) is 0 Å². The van der Waals surface area contributed by atoms with Crippen LogP contribution in [0.25, 0.3) is 6.08 Å². The Labute approximate surface area is 121 Å². The van der Waals surface area contributed by atoms with E-state index in [1.54, 1.807) is 42.5 Å². The van der Waals surface area contributed by atoms with E-state index >= 15 is 0 Å². The van der Waals surface area contributed by atoms with Gasteiger partial charge in [-0.3, -0.25) is 0 Å². The molecule has 0 aliphatic carbocycles. The van der Waals surface area contributed by atoms with Gasteiger partial charge < -0.3 is 10.6 Å². The number of urea groups is 1. The fourth-order valence-electron chi connectivity index (χ4n) is 1.49. The molecule has 0 aliphatic rings. The maximum atomic E-state index is 12.7. The summed E-state index contributed by atoms with van der Waals surface area (Å²) in [7, 11) is 0. The van der Waals surface area contributed by atoms with Gasteiger partial charge in [0, 0.05) is 16.9 Å². The van der Waals surface area contributed by atoms with Crippen molar-refractivity contribution >= 4 is 29.4 Å². The van der Waals surface area contributed by atoms with Crippen molar-refractivity contribution in [3.63, 3.8) is 0 Å². The quantitative estimate of drug-likeness (QED) is 0.871. The highest BCUT2D eigenvalue weighted by Crippen LogP contribution is 2.13. The highest BCUT2D eigenvalue weighted by molar-refractivity contribution is 6.30. The Morgan fingerprint density at radius 2 is 1.70 bits per heavy atom. The molecule has 0 spiro atoms. The number of anilines is 1. The average Bonchev–Trinajstić information content (AvgIpc) is 2.44. The fourth-order valence-corrected chi connectivity index (χ4v) is 1.61. The molecule has 0 unspecified atom stereocenters. The number of halogens is 2. The van der Waals surface area contributed by atoms with Gasteiger partial charge in [-0.2, -0.15) is 0 Å². The number of hydrogen-bond donors (Lipinski definition) is 2. The zero-order valence-electron chi connectivity index (χ0n) is 10.4. The van der Waals surface area contributed by atoms with Crippen molar-refractivity contribution in [2.45, 2.75) is 0 Å². The van der Waals surface area contributed by atoms with Gasteiger partial charge in [0.15, 0.2) is 0 Å². The largest absolute Gasteiger partial charge is 0.323 e. The summed E-state index contributed by atoms with van der Waals surface area (Å²) in [6, 6.07) is 12.3. The number of amides is 2. The lowest BCUT2D eigenvalue weighted by Gasteiger charge is -2.04. The van der Waals surface area contributed by atoms with Gasteiger partial charge >= 0.3 is 6.03 Å². The van der Waals surface area contributed by atoms with Gasteiger partial charge in [-0.1, -0.05) is 23.7 Å². The van der Waals surface area contributed by atoms with Crippen molar-refractivity contribution < 1.29 is 9.18 Å². The fraction of sp³-hybridized carbons (Fsp3) is 0. The molecule has 0 heterocycles. The van der Waals surface area contributed by atoms with Gasteiger partial charge in [-0.05, 0) is 48.0 Å². The van der Waals surface area contributed by atoms with Crippen LogP contribution in [0.2, 0.25) is 5.02 Å². The molecule has 0 saturated carbocycles. The Balaban J connectivity index is 1.85. The molecule has 2 amide bonds.